The molecule has 1 unspecified atom stereocenters. The van der Waals surface area contributed by atoms with Crippen molar-refractivity contribution in [2.45, 2.75) is 25.2 Å². The van der Waals surface area contributed by atoms with Crippen molar-refractivity contribution in [1.82, 2.24) is 4.90 Å². The van der Waals surface area contributed by atoms with E-state index < -0.39 is 0 Å². The van der Waals surface area contributed by atoms with Gasteiger partial charge in [-0.3, -0.25) is 4.90 Å². The van der Waals surface area contributed by atoms with E-state index in [0.29, 0.717) is 0 Å². The Hall–Kier alpha value is -0.120. The summed E-state index contributed by atoms with van der Waals surface area (Å²) in [6.07, 6.45) is 1.32. The highest BCUT2D eigenvalue weighted by Crippen LogP contribution is 2.42. The maximum Gasteiger partial charge on any atom is 0.155 e. The van der Waals surface area contributed by atoms with Gasteiger partial charge >= 0.3 is 0 Å². The van der Waals surface area contributed by atoms with Crippen molar-refractivity contribution in [3.8, 4) is 0 Å². The molecule has 1 spiro atoms. The van der Waals surface area contributed by atoms with Gasteiger partial charge < -0.3 is 9.47 Å². The second-order valence-electron chi connectivity index (χ2n) is 4.28. The molecule has 3 saturated heterocycles. The number of rotatable bonds is 0. The van der Waals surface area contributed by atoms with Crippen LogP contribution >= 0.6 is 0 Å². The predicted octanol–water partition coefficient (Wildman–Crippen LogP) is 0.453. The highest BCUT2D eigenvalue weighted by molar-refractivity contribution is 5.05. The Kier molecular flexibility index (Phi) is 1.35. The molecule has 3 fully saturated rings. The summed E-state index contributed by atoms with van der Waals surface area (Å²) < 4.78 is 11.4. The molecule has 3 heteroatoms. The first-order valence-corrected chi connectivity index (χ1v) is 4.80. The Balaban J connectivity index is 1.84. The van der Waals surface area contributed by atoms with Gasteiger partial charge in [0, 0.05) is 19.0 Å². The van der Waals surface area contributed by atoms with Crippen LogP contribution in [-0.2, 0) is 9.47 Å². The monoisotopic (exact) mass is 169 g/mol. The first kappa shape index (κ1) is 7.30. The molecule has 0 aromatic carbocycles. The van der Waals surface area contributed by atoms with Crippen molar-refractivity contribution < 1.29 is 9.47 Å². The van der Waals surface area contributed by atoms with Crippen LogP contribution in [0.4, 0.5) is 0 Å². The lowest BCUT2D eigenvalue weighted by Gasteiger charge is -2.31. The smallest absolute Gasteiger partial charge is 0.155 e. The van der Waals surface area contributed by atoms with Crippen LogP contribution in [0.15, 0.2) is 0 Å². The lowest BCUT2D eigenvalue weighted by Crippen LogP contribution is -2.44. The average molecular weight is 169 g/mol. The topological polar surface area (TPSA) is 21.7 Å². The zero-order valence-electron chi connectivity index (χ0n) is 7.45. The largest absolute Gasteiger partial charge is 0.350 e. The Morgan fingerprint density at radius 2 is 2.42 bits per heavy atom. The van der Waals surface area contributed by atoms with Gasteiger partial charge in [0.05, 0.1) is 6.61 Å². The molecule has 3 heterocycles. The predicted molar refractivity (Wildman–Crippen MR) is 43.8 cm³/mol. The van der Waals surface area contributed by atoms with E-state index in [4.69, 9.17) is 9.47 Å². The van der Waals surface area contributed by atoms with Crippen LogP contribution in [0, 0.1) is 5.92 Å². The lowest BCUT2D eigenvalue weighted by atomic mass is 9.88. The highest BCUT2D eigenvalue weighted by Gasteiger charge is 2.54. The minimum Gasteiger partial charge on any atom is -0.350 e. The van der Waals surface area contributed by atoms with Crippen LogP contribution < -0.4 is 0 Å². The Morgan fingerprint density at radius 3 is 2.92 bits per heavy atom. The summed E-state index contributed by atoms with van der Waals surface area (Å²) in [5.74, 6) is 0.738. The van der Waals surface area contributed by atoms with Gasteiger partial charge in [-0.1, -0.05) is 0 Å². The van der Waals surface area contributed by atoms with E-state index in [9.17, 15) is 0 Å². The fraction of sp³-hybridized carbons (Fsp3) is 1.00. The van der Waals surface area contributed by atoms with E-state index in [0.717, 1.165) is 19.1 Å². The van der Waals surface area contributed by atoms with Gasteiger partial charge in [-0.05, 0) is 19.9 Å². The average Bonchev–Trinajstić information content (AvgIpc) is 2.67. The van der Waals surface area contributed by atoms with Crippen molar-refractivity contribution in [3.05, 3.63) is 0 Å². The number of piperidine rings is 1. The molecule has 0 amide bonds. The van der Waals surface area contributed by atoms with Gasteiger partial charge in [0.25, 0.3) is 0 Å². The van der Waals surface area contributed by atoms with Crippen molar-refractivity contribution in [2.75, 3.05) is 26.2 Å². The molecule has 0 radical (unpaired) electrons. The molecule has 0 aromatic heterocycles. The van der Waals surface area contributed by atoms with Gasteiger partial charge in [-0.15, -0.1) is 0 Å². The maximum atomic E-state index is 5.88. The zero-order valence-corrected chi connectivity index (χ0v) is 7.45. The summed E-state index contributed by atoms with van der Waals surface area (Å²) in [6, 6.07) is 0. The van der Waals surface area contributed by atoms with E-state index in [1.54, 1.807) is 0 Å². The molecular formula is C9H15NO2. The number of hydrogen-bond donors (Lipinski definition) is 0. The summed E-state index contributed by atoms with van der Waals surface area (Å²) in [5.41, 5.74) is 0.0810. The van der Waals surface area contributed by atoms with Crippen molar-refractivity contribution in [2.24, 2.45) is 5.92 Å². The van der Waals surface area contributed by atoms with E-state index in [2.05, 4.69) is 4.90 Å². The van der Waals surface area contributed by atoms with E-state index in [1.165, 1.54) is 19.5 Å². The molecule has 12 heavy (non-hydrogen) atoms. The number of hydrogen-bond acceptors (Lipinski definition) is 3. The summed E-state index contributed by atoms with van der Waals surface area (Å²) in [5, 5.41) is 0. The van der Waals surface area contributed by atoms with E-state index in [-0.39, 0.29) is 11.9 Å². The fourth-order valence-corrected chi connectivity index (χ4v) is 2.87. The SMILES string of the molecule is C[C@H]1OC[C@]2(CN3CC[C@@H]2C3)O1. The molecule has 3 aliphatic heterocycles. The fourth-order valence-electron chi connectivity index (χ4n) is 2.87. The van der Waals surface area contributed by atoms with Crippen molar-refractivity contribution >= 4 is 0 Å². The Labute approximate surface area is 72.6 Å². The Bertz CT molecular complexity index is 205. The summed E-state index contributed by atoms with van der Waals surface area (Å²) in [6.45, 7) is 6.41. The minimum atomic E-state index is 0.0190. The summed E-state index contributed by atoms with van der Waals surface area (Å²) in [7, 11) is 0. The standard InChI is InChI=1S/C9H15NO2/c1-7-11-6-9(12-7)5-10-3-2-8(9)4-10/h7-8H,2-6H2,1H3/t7-,8+,9-/m0/s1. The van der Waals surface area contributed by atoms with E-state index >= 15 is 0 Å². The molecule has 68 valence electrons. The molecule has 0 aromatic rings. The minimum absolute atomic E-state index is 0.0190. The normalized spacial score (nSPS) is 57.2. The van der Waals surface area contributed by atoms with Crippen molar-refractivity contribution in [3.63, 3.8) is 0 Å². The van der Waals surface area contributed by atoms with Gasteiger partial charge in [-0.25, -0.2) is 0 Å². The first-order valence-electron chi connectivity index (χ1n) is 4.80. The molecule has 3 nitrogen and oxygen atoms in total. The third-order valence-corrected chi connectivity index (χ3v) is 3.47. The molecule has 0 saturated carbocycles. The molecule has 3 aliphatic rings. The summed E-state index contributed by atoms with van der Waals surface area (Å²) >= 11 is 0. The molecule has 4 atom stereocenters. The van der Waals surface area contributed by atoms with Gasteiger partial charge in [0.15, 0.2) is 6.29 Å². The number of fused-ring (bicyclic) bond motifs is 3. The van der Waals surface area contributed by atoms with Crippen LogP contribution in [0.5, 0.6) is 0 Å². The third kappa shape index (κ3) is 0.817. The third-order valence-electron chi connectivity index (χ3n) is 3.47. The second kappa shape index (κ2) is 2.22. The number of ether oxygens (including phenoxy) is 2. The van der Waals surface area contributed by atoms with E-state index in [1.807, 2.05) is 6.92 Å². The van der Waals surface area contributed by atoms with Gasteiger partial charge in [0.1, 0.15) is 5.60 Å². The molecule has 0 aliphatic carbocycles. The zero-order chi connectivity index (χ0) is 8.18. The Morgan fingerprint density at radius 1 is 1.50 bits per heavy atom. The van der Waals surface area contributed by atoms with Gasteiger partial charge in [-0.2, -0.15) is 0 Å². The highest BCUT2D eigenvalue weighted by atomic mass is 16.7. The quantitative estimate of drug-likeness (QED) is 0.525. The van der Waals surface area contributed by atoms with Crippen LogP contribution in [0.1, 0.15) is 13.3 Å². The van der Waals surface area contributed by atoms with Crippen LogP contribution in [0.25, 0.3) is 0 Å². The van der Waals surface area contributed by atoms with Crippen molar-refractivity contribution in [1.29, 1.82) is 0 Å². The van der Waals surface area contributed by atoms with Gasteiger partial charge in [0.2, 0.25) is 0 Å². The molecule has 3 rings (SSSR count). The van der Waals surface area contributed by atoms with Crippen LogP contribution in [0.3, 0.4) is 0 Å². The number of nitrogens with zero attached hydrogens (tertiary/aromatic N) is 1. The molecule has 0 N–H and O–H groups in total. The summed E-state index contributed by atoms with van der Waals surface area (Å²) in [4.78, 5) is 2.49. The lowest BCUT2D eigenvalue weighted by molar-refractivity contribution is -0.0916. The maximum absolute atomic E-state index is 5.88. The first-order chi connectivity index (χ1) is 5.78. The van der Waals surface area contributed by atoms with Crippen LogP contribution in [-0.4, -0.2) is 43.0 Å². The molecule has 2 bridgehead atoms. The molecular weight excluding hydrogens is 154 g/mol. The van der Waals surface area contributed by atoms with Crippen LogP contribution in [0.2, 0.25) is 0 Å². The second-order valence-corrected chi connectivity index (χ2v) is 4.28.